The van der Waals surface area contributed by atoms with Gasteiger partial charge < -0.3 is 5.11 Å². The van der Waals surface area contributed by atoms with E-state index in [1.165, 1.54) is 17.4 Å². The first-order valence-electron chi connectivity index (χ1n) is 5.09. The van der Waals surface area contributed by atoms with Gasteiger partial charge in [0.25, 0.3) is 0 Å². The largest absolute Gasteiger partial charge is 0.416 e. The Morgan fingerprint density at radius 2 is 1.79 bits per heavy atom. The van der Waals surface area contributed by atoms with Crippen molar-refractivity contribution >= 4 is 43.2 Å². The molecule has 0 radical (unpaired) electrons. The van der Waals surface area contributed by atoms with Crippen LogP contribution >= 0.6 is 43.2 Å². The van der Waals surface area contributed by atoms with Crippen molar-refractivity contribution in [1.82, 2.24) is 0 Å². The molecule has 1 unspecified atom stereocenters. The molecule has 2 rings (SSSR count). The molecule has 2 aromatic rings. The van der Waals surface area contributed by atoms with Gasteiger partial charge >= 0.3 is 6.18 Å². The van der Waals surface area contributed by atoms with Gasteiger partial charge in [0.05, 0.1) is 9.35 Å². The molecule has 1 N–H and O–H groups in total. The summed E-state index contributed by atoms with van der Waals surface area (Å²) in [6, 6.07) is 6.65. The van der Waals surface area contributed by atoms with Crippen LogP contribution in [0.5, 0.6) is 0 Å². The van der Waals surface area contributed by atoms with Crippen molar-refractivity contribution in [3.05, 3.63) is 54.6 Å². The molecule has 19 heavy (non-hydrogen) atoms. The van der Waals surface area contributed by atoms with Gasteiger partial charge in [-0.3, -0.25) is 0 Å². The molecule has 0 bridgehead atoms. The molecule has 0 spiro atoms. The van der Waals surface area contributed by atoms with Crippen molar-refractivity contribution in [2.75, 3.05) is 0 Å². The van der Waals surface area contributed by atoms with Gasteiger partial charge in [-0.05, 0) is 46.3 Å². The first kappa shape index (κ1) is 15.0. The van der Waals surface area contributed by atoms with Crippen LogP contribution in [0.3, 0.4) is 0 Å². The monoisotopic (exact) mass is 414 g/mol. The first-order valence-corrected chi connectivity index (χ1v) is 7.49. The minimum Gasteiger partial charge on any atom is -0.383 e. The van der Waals surface area contributed by atoms with Gasteiger partial charge in [0.1, 0.15) is 6.10 Å². The maximum Gasteiger partial charge on any atom is 0.416 e. The van der Waals surface area contributed by atoms with Crippen LogP contribution in [0.2, 0.25) is 0 Å². The van der Waals surface area contributed by atoms with Crippen molar-refractivity contribution < 1.29 is 18.3 Å². The van der Waals surface area contributed by atoms with Gasteiger partial charge in [0, 0.05) is 14.9 Å². The number of hydrogen-bond acceptors (Lipinski definition) is 2. The Bertz CT molecular complexity index is 595. The number of thiophene rings is 1. The Labute approximate surface area is 128 Å². The molecular formula is C12H7Br2F3OS. The van der Waals surface area contributed by atoms with Crippen LogP contribution in [0.1, 0.15) is 22.1 Å². The zero-order valence-corrected chi connectivity index (χ0v) is 13.2. The lowest BCUT2D eigenvalue weighted by Gasteiger charge is -2.14. The highest BCUT2D eigenvalue weighted by Gasteiger charge is 2.31. The van der Waals surface area contributed by atoms with Crippen molar-refractivity contribution in [3.63, 3.8) is 0 Å². The lowest BCUT2D eigenvalue weighted by molar-refractivity contribution is -0.137. The lowest BCUT2D eigenvalue weighted by Crippen LogP contribution is -2.07. The standard InChI is InChI=1S/C12H7Br2F3OS/c13-8-2-1-6(12(15,16)17)5-7(8)11(18)9-3-4-10(14)19-9/h1-5,11,18H. The fraction of sp³-hybridized carbons (Fsp3) is 0.167. The normalized spacial score (nSPS) is 13.6. The second-order valence-corrected chi connectivity index (χ2v) is 7.13. The number of aliphatic hydroxyl groups excluding tert-OH is 1. The highest BCUT2D eigenvalue weighted by Crippen LogP contribution is 2.38. The zero-order valence-electron chi connectivity index (χ0n) is 9.21. The van der Waals surface area contributed by atoms with E-state index >= 15 is 0 Å². The second kappa shape index (κ2) is 5.55. The number of rotatable bonds is 2. The number of aliphatic hydroxyl groups is 1. The smallest absolute Gasteiger partial charge is 0.383 e. The zero-order chi connectivity index (χ0) is 14.2. The molecule has 7 heteroatoms. The van der Waals surface area contributed by atoms with Gasteiger partial charge in [-0.25, -0.2) is 0 Å². The van der Waals surface area contributed by atoms with Crippen LogP contribution in [0.4, 0.5) is 13.2 Å². The van der Waals surface area contributed by atoms with Crippen LogP contribution < -0.4 is 0 Å². The maximum absolute atomic E-state index is 12.7. The predicted molar refractivity (Wildman–Crippen MR) is 75.2 cm³/mol. The molecule has 0 saturated carbocycles. The quantitative estimate of drug-likeness (QED) is 0.698. The summed E-state index contributed by atoms with van der Waals surface area (Å²) in [4.78, 5) is 0.576. The summed E-state index contributed by atoms with van der Waals surface area (Å²) in [6.07, 6.45) is -5.52. The van der Waals surface area contributed by atoms with Crippen LogP contribution in [0.15, 0.2) is 38.6 Å². The van der Waals surface area contributed by atoms with Gasteiger partial charge in [-0.1, -0.05) is 15.9 Å². The SMILES string of the molecule is OC(c1ccc(Br)s1)c1cc(C(F)(F)F)ccc1Br. The van der Waals surface area contributed by atoms with Crippen molar-refractivity contribution in [1.29, 1.82) is 0 Å². The summed E-state index contributed by atoms with van der Waals surface area (Å²) in [5, 5.41) is 10.2. The average molecular weight is 416 g/mol. The van der Waals surface area contributed by atoms with Crippen LogP contribution in [0, 0.1) is 0 Å². The van der Waals surface area contributed by atoms with E-state index in [1.54, 1.807) is 12.1 Å². The van der Waals surface area contributed by atoms with Gasteiger partial charge in [0.2, 0.25) is 0 Å². The molecule has 0 amide bonds. The Balaban J connectivity index is 2.44. The topological polar surface area (TPSA) is 20.2 Å². The molecule has 0 aliphatic carbocycles. The Kier molecular flexibility index (Phi) is 4.39. The molecule has 0 aliphatic rings. The third kappa shape index (κ3) is 3.39. The first-order chi connectivity index (χ1) is 8.79. The highest BCUT2D eigenvalue weighted by molar-refractivity contribution is 9.11. The summed E-state index contributed by atoms with van der Waals surface area (Å²) in [6.45, 7) is 0. The van der Waals surface area contributed by atoms with Crippen molar-refractivity contribution in [3.8, 4) is 0 Å². The third-order valence-corrected chi connectivity index (χ3v) is 4.88. The lowest BCUT2D eigenvalue weighted by atomic mass is 10.0. The summed E-state index contributed by atoms with van der Waals surface area (Å²) in [7, 11) is 0. The summed E-state index contributed by atoms with van der Waals surface area (Å²) in [5.41, 5.74) is -0.579. The van der Waals surface area contributed by atoms with E-state index in [0.717, 1.165) is 15.9 Å². The van der Waals surface area contributed by atoms with Crippen LogP contribution in [0.25, 0.3) is 0 Å². The van der Waals surface area contributed by atoms with E-state index in [9.17, 15) is 18.3 Å². The second-order valence-electron chi connectivity index (χ2n) is 3.78. The minimum absolute atomic E-state index is 0.198. The molecule has 102 valence electrons. The van der Waals surface area contributed by atoms with E-state index in [4.69, 9.17) is 0 Å². The molecule has 1 aromatic carbocycles. The molecule has 1 aromatic heterocycles. The number of halogens is 5. The number of benzene rings is 1. The molecule has 0 saturated heterocycles. The Hall–Kier alpha value is -0.370. The Morgan fingerprint density at radius 1 is 1.11 bits per heavy atom. The predicted octanol–water partition coefficient (Wildman–Crippen LogP) is 5.37. The fourth-order valence-electron chi connectivity index (χ4n) is 1.56. The molecular weight excluding hydrogens is 409 g/mol. The molecule has 0 fully saturated rings. The molecule has 0 aliphatic heterocycles. The van der Waals surface area contributed by atoms with Gasteiger partial charge in [-0.15, -0.1) is 11.3 Å². The van der Waals surface area contributed by atoms with Crippen molar-refractivity contribution in [2.24, 2.45) is 0 Å². The van der Waals surface area contributed by atoms with Gasteiger partial charge in [-0.2, -0.15) is 13.2 Å². The summed E-state index contributed by atoms with van der Waals surface area (Å²) < 4.78 is 39.3. The number of alkyl halides is 3. The van der Waals surface area contributed by atoms with E-state index in [0.29, 0.717) is 9.35 Å². The average Bonchev–Trinajstić information content (AvgIpc) is 2.74. The van der Waals surface area contributed by atoms with E-state index < -0.39 is 17.8 Å². The van der Waals surface area contributed by atoms with Crippen molar-refractivity contribution in [2.45, 2.75) is 12.3 Å². The molecule has 1 atom stereocenters. The fourth-order valence-corrected chi connectivity index (χ4v) is 3.45. The Morgan fingerprint density at radius 3 is 2.32 bits per heavy atom. The molecule has 1 heterocycles. The van der Waals surface area contributed by atoms with Gasteiger partial charge in [0.15, 0.2) is 0 Å². The highest BCUT2D eigenvalue weighted by atomic mass is 79.9. The minimum atomic E-state index is -4.43. The maximum atomic E-state index is 12.7. The van der Waals surface area contributed by atoms with Crippen LogP contribution in [-0.2, 0) is 6.18 Å². The molecule has 1 nitrogen and oxygen atoms in total. The third-order valence-electron chi connectivity index (χ3n) is 2.48. The van der Waals surface area contributed by atoms with E-state index in [-0.39, 0.29) is 5.56 Å². The van der Waals surface area contributed by atoms with Crippen LogP contribution in [-0.4, -0.2) is 5.11 Å². The number of hydrogen-bond donors (Lipinski definition) is 1. The summed E-state index contributed by atoms with van der Waals surface area (Å²) >= 11 is 7.70. The van der Waals surface area contributed by atoms with E-state index in [1.807, 2.05) is 0 Å². The van der Waals surface area contributed by atoms with E-state index in [2.05, 4.69) is 31.9 Å². The summed E-state index contributed by atoms with van der Waals surface area (Å²) in [5.74, 6) is 0.